The van der Waals surface area contributed by atoms with E-state index in [2.05, 4.69) is 12.1 Å². The molecule has 0 bridgehead atoms. The first-order chi connectivity index (χ1) is 13.2. The number of hydrogen-bond donors (Lipinski definition) is 1. The molecule has 3 nitrogen and oxygen atoms in total. The fraction of sp³-hybridized carbons (Fsp3) is 0.174. The van der Waals surface area contributed by atoms with Gasteiger partial charge in [0.05, 0.1) is 12.5 Å². The number of aromatic hydroxyl groups is 1. The average Bonchev–Trinajstić information content (AvgIpc) is 3.07. The number of ether oxygens (including phenoxy) is 1. The summed E-state index contributed by atoms with van der Waals surface area (Å²) >= 11 is 1.64. The van der Waals surface area contributed by atoms with Gasteiger partial charge in [0.25, 0.3) is 0 Å². The minimum Gasteiger partial charge on any atom is -0.508 e. The second-order valence-electron chi connectivity index (χ2n) is 6.47. The third-order valence-electron chi connectivity index (χ3n) is 4.75. The zero-order valence-electron chi connectivity index (χ0n) is 15.0. The third kappa shape index (κ3) is 3.45. The van der Waals surface area contributed by atoms with Crippen LogP contribution in [0.5, 0.6) is 11.5 Å². The van der Waals surface area contributed by atoms with Crippen molar-refractivity contribution in [1.82, 2.24) is 0 Å². The molecule has 0 fully saturated rings. The van der Waals surface area contributed by atoms with Crippen molar-refractivity contribution >= 4 is 17.5 Å². The molecule has 0 aliphatic carbocycles. The SMILES string of the molecule is CCOc1ccc(C(=O)C2c3ccc(O)cc3SC2c2ccccc2)cc1. The first-order valence-electron chi connectivity index (χ1n) is 8.99. The van der Waals surface area contributed by atoms with E-state index in [1.165, 1.54) is 0 Å². The normalized spacial score (nSPS) is 18.1. The summed E-state index contributed by atoms with van der Waals surface area (Å²) in [6.45, 7) is 2.53. The Bertz CT molecular complexity index is 951. The summed E-state index contributed by atoms with van der Waals surface area (Å²) in [6.07, 6.45) is 0. The molecule has 1 heterocycles. The van der Waals surface area contributed by atoms with E-state index in [0.717, 1.165) is 21.8 Å². The number of carbonyl (C=O) groups is 1. The number of phenolic OH excluding ortho intramolecular Hbond substituents is 1. The molecule has 0 saturated heterocycles. The van der Waals surface area contributed by atoms with Crippen LogP contribution in [0, 0.1) is 0 Å². The van der Waals surface area contributed by atoms with Gasteiger partial charge in [-0.05, 0) is 54.4 Å². The highest BCUT2D eigenvalue weighted by atomic mass is 32.2. The molecule has 3 aromatic rings. The Kier molecular flexibility index (Phi) is 4.90. The van der Waals surface area contributed by atoms with Gasteiger partial charge in [-0.1, -0.05) is 36.4 Å². The van der Waals surface area contributed by atoms with E-state index in [1.807, 2.05) is 55.5 Å². The molecule has 1 N–H and O–H groups in total. The minimum atomic E-state index is -0.286. The first kappa shape index (κ1) is 17.7. The summed E-state index contributed by atoms with van der Waals surface area (Å²) in [6, 6.07) is 22.7. The molecule has 1 aliphatic heterocycles. The molecule has 2 unspecified atom stereocenters. The van der Waals surface area contributed by atoms with Crippen molar-refractivity contribution in [2.45, 2.75) is 23.0 Å². The highest BCUT2D eigenvalue weighted by molar-refractivity contribution is 8.00. The lowest BCUT2D eigenvalue weighted by molar-refractivity contribution is 0.0958. The van der Waals surface area contributed by atoms with Crippen molar-refractivity contribution in [2.24, 2.45) is 0 Å². The van der Waals surface area contributed by atoms with Gasteiger partial charge in [0.1, 0.15) is 11.5 Å². The standard InChI is InChI=1S/C23H20O3S/c1-2-26-18-11-8-15(9-12-18)22(25)21-19-13-10-17(24)14-20(19)27-23(21)16-6-4-3-5-7-16/h3-14,21,23-24H,2H2,1H3. The van der Waals surface area contributed by atoms with Crippen LogP contribution in [-0.2, 0) is 0 Å². The van der Waals surface area contributed by atoms with Gasteiger partial charge in [0.2, 0.25) is 0 Å². The third-order valence-corrected chi connectivity index (χ3v) is 6.16. The lowest BCUT2D eigenvalue weighted by Gasteiger charge is -2.19. The zero-order chi connectivity index (χ0) is 18.8. The van der Waals surface area contributed by atoms with Crippen LogP contribution in [0.1, 0.15) is 39.6 Å². The van der Waals surface area contributed by atoms with Crippen molar-refractivity contribution in [3.63, 3.8) is 0 Å². The van der Waals surface area contributed by atoms with Gasteiger partial charge in [-0.2, -0.15) is 0 Å². The van der Waals surface area contributed by atoms with E-state index in [-0.39, 0.29) is 22.7 Å². The quantitative estimate of drug-likeness (QED) is 0.589. The molecule has 27 heavy (non-hydrogen) atoms. The van der Waals surface area contributed by atoms with Crippen molar-refractivity contribution in [1.29, 1.82) is 0 Å². The van der Waals surface area contributed by atoms with Crippen LogP contribution in [0.25, 0.3) is 0 Å². The van der Waals surface area contributed by atoms with E-state index in [0.29, 0.717) is 12.2 Å². The lowest BCUT2D eigenvalue weighted by atomic mass is 9.85. The summed E-state index contributed by atoms with van der Waals surface area (Å²) in [5, 5.41) is 9.85. The molecule has 1 aliphatic rings. The van der Waals surface area contributed by atoms with Gasteiger partial charge in [-0.3, -0.25) is 4.79 Å². The number of fused-ring (bicyclic) bond motifs is 1. The fourth-order valence-electron chi connectivity index (χ4n) is 3.49. The second-order valence-corrected chi connectivity index (χ2v) is 7.65. The summed E-state index contributed by atoms with van der Waals surface area (Å²) in [4.78, 5) is 14.4. The van der Waals surface area contributed by atoms with Crippen molar-refractivity contribution < 1.29 is 14.6 Å². The van der Waals surface area contributed by atoms with Gasteiger partial charge < -0.3 is 9.84 Å². The van der Waals surface area contributed by atoms with Gasteiger partial charge >= 0.3 is 0 Å². The Morgan fingerprint density at radius 1 is 1.04 bits per heavy atom. The van der Waals surface area contributed by atoms with Crippen LogP contribution in [0.2, 0.25) is 0 Å². The Morgan fingerprint density at radius 2 is 1.78 bits per heavy atom. The molecule has 0 spiro atoms. The molecule has 2 atom stereocenters. The minimum absolute atomic E-state index is 0.0120. The maximum atomic E-state index is 13.4. The average molecular weight is 376 g/mol. The maximum Gasteiger partial charge on any atom is 0.171 e. The largest absolute Gasteiger partial charge is 0.508 e. The Hall–Kier alpha value is -2.72. The number of Topliss-reactive ketones (excluding diaryl/α,β-unsaturated/α-hetero) is 1. The van der Waals surface area contributed by atoms with Gasteiger partial charge in [0, 0.05) is 15.7 Å². The Labute approximate surface area is 163 Å². The van der Waals surface area contributed by atoms with Crippen LogP contribution < -0.4 is 4.74 Å². The molecule has 4 heteroatoms. The van der Waals surface area contributed by atoms with E-state index >= 15 is 0 Å². The topological polar surface area (TPSA) is 46.5 Å². The highest BCUT2D eigenvalue weighted by Gasteiger charge is 2.39. The molecule has 0 saturated carbocycles. The molecule has 136 valence electrons. The summed E-state index contributed by atoms with van der Waals surface area (Å²) in [7, 11) is 0. The van der Waals surface area contributed by atoms with Crippen LogP contribution >= 0.6 is 11.8 Å². The van der Waals surface area contributed by atoms with Gasteiger partial charge in [0.15, 0.2) is 5.78 Å². The Balaban J connectivity index is 1.73. The number of rotatable bonds is 5. The van der Waals surface area contributed by atoms with E-state index in [1.54, 1.807) is 23.9 Å². The molecule has 0 aromatic heterocycles. The van der Waals surface area contributed by atoms with E-state index < -0.39 is 0 Å². The number of hydrogen-bond acceptors (Lipinski definition) is 4. The molecule has 4 rings (SSSR count). The predicted molar refractivity (Wildman–Crippen MR) is 108 cm³/mol. The molecular weight excluding hydrogens is 356 g/mol. The monoisotopic (exact) mass is 376 g/mol. The number of thioether (sulfide) groups is 1. The predicted octanol–water partition coefficient (Wildman–Crippen LogP) is 5.60. The van der Waals surface area contributed by atoms with Crippen LogP contribution in [-0.4, -0.2) is 17.5 Å². The molecule has 3 aromatic carbocycles. The zero-order valence-corrected chi connectivity index (χ0v) is 15.8. The van der Waals surface area contributed by atoms with E-state index in [4.69, 9.17) is 4.74 Å². The van der Waals surface area contributed by atoms with Gasteiger partial charge in [-0.15, -0.1) is 11.8 Å². The van der Waals surface area contributed by atoms with E-state index in [9.17, 15) is 9.90 Å². The Morgan fingerprint density at radius 3 is 2.48 bits per heavy atom. The van der Waals surface area contributed by atoms with Crippen LogP contribution in [0.4, 0.5) is 0 Å². The summed E-state index contributed by atoms with van der Waals surface area (Å²) in [5.41, 5.74) is 2.76. The number of carbonyl (C=O) groups excluding carboxylic acids is 1. The molecular formula is C23H20O3S. The molecule has 0 radical (unpaired) electrons. The maximum absolute atomic E-state index is 13.4. The fourth-order valence-corrected chi connectivity index (χ4v) is 4.99. The second kappa shape index (κ2) is 7.49. The highest BCUT2D eigenvalue weighted by Crippen LogP contribution is 2.56. The van der Waals surface area contributed by atoms with Crippen LogP contribution in [0.3, 0.4) is 0 Å². The van der Waals surface area contributed by atoms with Crippen molar-refractivity contribution in [2.75, 3.05) is 6.61 Å². The number of benzene rings is 3. The molecule has 0 amide bonds. The number of ketones is 1. The van der Waals surface area contributed by atoms with Gasteiger partial charge in [-0.25, -0.2) is 0 Å². The summed E-state index contributed by atoms with van der Waals surface area (Å²) < 4.78 is 5.48. The van der Waals surface area contributed by atoms with Crippen molar-refractivity contribution in [3.8, 4) is 11.5 Å². The van der Waals surface area contributed by atoms with Crippen molar-refractivity contribution in [3.05, 3.63) is 89.5 Å². The van der Waals surface area contributed by atoms with Crippen LogP contribution in [0.15, 0.2) is 77.7 Å². The number of phenols is 1. The lowest BCUT2D eigenvalue weighted by Crippen LogP contribution is -2.16. The summed E-state index contributed by atoms with van der Waals surface area (Å²) in [5.74, 6) is 0.789. The first-order valence-corrected chi connectivity index (χ1v) is 9.87. The smallest absolute Gasteiger partial charge is 0.171 e.